The number of hydrogen-bond acceptors (Lipinski definition) is 1. The fraction of sp³-hybridized carbons (Fsp3) is 0.0833. The Labute approximate surface area is 79.1 Å². The van der Waals surface area contributed by atoms with E-state index in [4.69, 9.17) is 0 Å². The van der Waals surface area contributed by atoms with Gasteiger partial charge in [-0.15, -0.1) is 0 Å². The maximum absolute atomic E-state index is 3.90. The molecule has 0 amide bonds. The molecular formula is C12H13N. The number of nitrogens with zero attached hydrogens (tertiary/aromatic N) is 1. The topological polar surface area (TPSA) is 12.4 Å². The van der Waals surface area contributed by atoms with E-state index in [1.54, 1.807) is 13.3 Å². The quantitative estimate of drug-likeness (QED) is 0.489. The molecule has 0 aliphatic heterocycles. The lowest BCUT2D eigenvalue weighted by Crippen LogP contribution is -1.79. The van der Waals surface area contributed by atoms with Gasteiger partial charge in [-0.2, -0.15) is 0 Å². The molecule has 0 aliphatic rings. The van der Waals surface area contributed by atoms with E-state index in [2.05, 4.69) is 23.7 Å². The van der Waals surface area contributed by atoms with Crippen LogP contribution in [0.3, 0.4) is 0 Å². The van der Waals surface area contributed by atoms with Gasteiger partial charge in [-0.25, -0.2) is 0 Å². The number of benzene rings is 1. The van der Waals surface area contributed by atoms with Crippen molar-refractivity contribution >= 4 is 11.8 Å². The van der Waals surface area contributed by atoms with E-state index in [1.165, 1.54) is 0 Å². The molecule has 0 radical (unpaired) electrons. The Hall–Kier alpha value is -1.63. The van der Waals surface area contributed by atoms with Crippen LogP contribution in [0.15, 0.2) is 54.1 Å². The van der Waals surface area contributed by atoms with Crippen LogP contribution in [-0.2, 0) is 0 Å². The van der Waals surface area contributed by atoms with E-state index in [9.17, 15) is 0 Å². The minimum Gasteiger partial charge on any atom is -0.296 e. The highest BCUT2D eigenvalue weighted by atomic mass is 14.6. The Morgan fingerprint density at radius 2 is 2.00 bits per heavy atom. The Balaban J connectivity index is 2.98. The van der Waals surface area contributed by atoms with Crippen LogP contribution in [0.4, 0.5) is 0 Å². The molecule has 0 aliphatic carbocycles. The van der Waals surface area contributed by atoms with E-state index in [1.807, 2.05) is 30.4 Å². The first-order chi connectivity index (χ1) is 6.38. The molecule has 0 spiro atoms. The average Bonchev–Trinajstić information content (AvgIpc) is 2.21. The van der Waals surface area contributed by atoms with Crippen molar-refractivity contribution in [2.24, 2.45) is 4.99 Å². The molecule has 0 heterocycles. The van der Waals surface area contributed by atoms with Gasteiger partial charge >= 0.3 is 0 Å². The molecule has 1 rings (SSSR count). The van der Waals surface area contributed by atoms with Crippen molar-refractivity contribution in [1.82, 2.24) is 0 Å². The lowest BCUT2D eigenvalue weighted by Gasteiger charge is -1.99. The molecule has 13 heavy (non-hydrogen) atoms. The van der Waals surface area contributed by atoms with E-state index >= 15 is 0 Å². The van der Waals surface area contributed by atoms with Crippen molar-refractivity contribution in [3.63, 3.8) is 0 Å². The van der Waals surface area contributed by atoms with Gasteiger partial charge in [-0.3, -0.25) is 4.99 Å². The number of allylic oxidation sites excluding steroid dienone is 3. The van der Waals surface area contributed by atoms with Crippen molar-refractivity contribution in [2.45, 2.75) is 0 Å². The molecule has 1 aromatic rings. The number of rotatable bonds is 3. The molecule has 1 nitrogen and oxygen atoms in total. The second-order valence-electron chi connectivity index (χ2n) is 2.60. The highest BCUT2D eigenvalue weighted by Gasteiger charge is 1.92. The zero-order valence-electron chi connectivity index (χ0n) is 7.77. The van der Waals surface area contributed by atoms with Gasteiger partial charge in [0.1, 0.15) is 0 Å². The SMILES string of the molecule is C=C/C(=C\C=NC)c1ccccc1. The van der Waals surface area contributed by atoms with Gasteiger partial charge in [0.05, 0.1) is 0 Å². The van der Waals surface area contributed by atoms with Gasteiger partial charge in [0.15, 0.2) is 0 Å². The Morgan fingerprint density at radius 1 is 1.31 bits per heavy atom. The predicted octanol–water partition coefficient (Wildman–Crippen LogP) is 2.96. The first kappa shape index (κ1) is 9.46. The van der Waals surface area contributed by atoms with Crippen molar-refractivity contribution in [1.29, 1.82) is 0 Å². The molecular weight excluding hydrogens is 158 g/mol. The fourth-order valence-electron chi connectivity index (χ4n) is 1.07. The molecule has 0 saturated heterocycles. The molecule has 0 N–H and O–H groups in total. The second-order valence-corrected chi connectivity index (χ2v) is 2.60. The van der Waals surface area contributed by atoms with Crippen LogP contribution in [0, 0.1) is 0 Å². The van der Waals surface area contributed by atoms with Crippen molar-refractivity contribution in [2.75, 3.05) is 7.05 Å². The maximum Gasteiger partial charge on any atom is 0.0277 e. The lowest BCUT2D eigenvalue weighted by molar-refractivity contribution is 1.48. The molecule has 66 valence electrons. The second kappa shape index (κ2) is 5.09. The average molecular weight is 171 g/mol. The van der Waals surface area contributed by atoms with Crippen molar-refractivity contribution in [3.8, 4) is 0 Å². The summed E-state index contributed by atoms with van der Waals surface area (Å²) in [7, 11) is 1.75. The first-order valence-corrected chi connectivity index (χ1v) is 4.19. The summed E-state index contributed by atoms with van der Waals surface area (Å²) in [5.41, 5.74) is 2.25. The monoisotopic (exact) mass is 171 g/mol. The van der Waals surface area contributed by atoms with Crippen LogP contribution in [0.2, 0.25) is 0 Å². The van der Waals surface area contributed by atoms with Crippen LogP contribution in [0.25, 0.3) is 5.57 Å². The smallest absolute Gasteiger partial charge is 0.0277 e. The standard InChI is InChI=1S/C12H13N/c1-3-11(9-10-13-2)12-7-5-4-6-8-12/h3-10H,1H2,2H3/b11-9+,13-10?. The highest BCUT2D eigenvalue weighted by Crippen LogP contribution is 2.13. The lowest BCUT2D eigenvalue weighted by atomic mass is 10.1. The van der Waals surface area contributed by atoms with Crippen LogP contribution < -0.4 is 0 Å². The van der Waals surface area contributed by atoms with Gasteiger partial charge in [0.25, 0.3) is 0 Å². The number of aliphatic imine (C=N–C) groups is 1. The summed E-state index contributed by atoms with van der Waals surface area (Å²) in [6, 6.07) is 10.1. The molecule has 1 heteroatoms. The predicted molar refractivity (Wildman–Crippen MR) is 59.0 cm³/mol. The van der Waals surface area contributed by atoms with E-state index in [-0.39, 0.29) is 0 Å². The van der Waals surface area contributed by atoms with Gasteiger partial charge in [0.2, 0.25) is 0 Å². The molecule has 0 unspecified atom stereocenters. The first-order valence-electron chi connectivity index (χ1n) is 4.19. The van der Waals surface area contributed by atoms with Crippen LogP contribution in [-0.4, -0.2) is 13.3 Å². The fourth-order valence-corrected chi connectivity index (χ4v) is 1.07. The van der Waals surface area contributed by atoms with Gasteiger partial charge in [-0.1, -0.05) is 43.0 Å². The minimum atomic E-state index is 1.09. The zero-order chi connectivity index (χ0) is 9.52. The summed E-state index contributed by atoms with van der Waals surface area (Å²) in [6.07, 6.45) is 5.54. The maximum atomic E-state index is 3.90. The third-order valence-corrected chi connectivity index (χ3v) is 1.73. The molecule has 0 saturated carbocycles. The van der Waals surface area contributed by atoms with Gasteiger partial charge < -0.3 is 0 Å². The van der Waals surface area contributed by atoms with Crippen molar-refractivity contribution in [3.05, 3.63) is 54.6 Å². The molecule has 0 aromatic heterocycles. The van der Waals surface area contributed by atoms with Crippen molar-refractivity contribution < 1.29 is 0 Å². The van der Waals surface area contributed by atoms with Gasteiger partial charge in [-0.05, 0) is 17.2 Å². The van der Waals surface area contributed by atoms with Crippen LogP contribution >= 0.6 is 0 Å². The summed E-state index contributed by atoms with van der Waals surface area (Å²) < 4.78 is 0. The summed E-state index contributed by atoms with van der Waals surface area (Å²) >= 11 is 0. The Morgan fingerprint density at radius 3 is 2.54 bits per heavy atom. The molecule has 1 aromatic carbocycles. The molecule has 0 fully saturated rings. The Bertz CT molecular complexity index is 320. The summed E-state index contributed by atoms with van der Waals surface area (Å²) in [6.45, 7) is 3.76. The highest BCUT2D eigenvalue weighted by molar-refractivity contribution is 5.88. The molecule has 0 bridgehead atoms. The van der Waals surface area contributed by atoms with Gasteiger partial charge in [0, 0.05) is 13.3 Å². The largest absolute Gasteiger partial charge is 0.296 e. The normalized spacial score (nSPS) is 11.9. The Kier molecular flexibility index (Phi) is 3.71. The number of hydrogen-bond donors (Lipinski definition) is 0. The van der Waals surface area contributed by atoms with E-state index in [0.717, 1.165) is 11.1 Å². The summed E-state index contributed by atoms with van der Waals surface area (Å²) in [4.78, 5) is 3.90. The summed E-state index contributed by atoms with van der Waals surface area (Å²) in [5, 5.41) is 0. The van der Waals surface area contributed by atoms with E-state index in [0.29, 0.717) is 0 Å². The summed E-state index contributed by atoms with van der Waals surface area (Å²) in [5.74, 6) is 0. The van der Waals surface area contributed by atoms with E-state index < -0.39 is 0 Å². The molecule has 0 atom stereocenters. The van der Waals surface area contributed by atoms with Crippen LogP contribution in [0.1, 0.15) is 5.56 Å². The van der Waals surface area contributed by atoms with Crippen LogP contribution in [0.5, 0.6) is 0 Å². The third-order valence-electron chi connectivity index (χ3n) is 1.73. The minimum absolute atomic E-state index is 1.09. The zero-order valence-corrected chi connectivity index (χ0v) is 7.77. The third kappa shape index (κ3) is 2.71.